The number of piperidine rings is 1. The number of rotatable bonds is 4. The van der Waals surface area contributed by atoms with Gasteiger partial charge in [0.25, 0.3) is 5.91 Å². The molecule has 4 heteroatoms. The van der Waals surface area contributed by atoms with Crippen molar-refractivity contribution in [3.8, 4) is 0 Å². The number of nitrogens with zero attached hydrogens (tertiary/aromatic N) is 1. The summed E-state index contributed by atoms with van der Waals surface area (Å²) in [6.07, 6.45) is 4.46. The Morgan fingerprint density at radius 3 is 2.79 bits per heavy atom. The number of carbonyl (C=O) groups excluding carboxylic acids is 1. The van der Waals surface area contributed by atoms with Crippen LogP contribution in [0.1, 0.15) is 36.0 Å². The van der Waals surface area contributed by atoms with E-state index in [1.165, 1.54) is 6.42 Å². The predicted molar refractivity (Wildman–Crippen MR) is 78.7 cm³/mol. The minimum Gasteiger partial charge on any atom is -0.336 e. The molecular weight excluding hydrogens is 260 g/mol. The Bertz CT molecular complexity index is 419. The lowest BCUT2D eigenvalue weighted by molar-refractivity contribution is 0.0602. The largest absolute Gasteiger partial charge is 0.336 e. The minimum absolute atomic E-state index is 0.137. The molecule has 1 N–H and O–H groups in total. The topological polar surface area (TPSA) is 32.3 Å². The molecule has 1 aromatic rings. The Balaban J connectivity index is 2.08. The summed E-state index contributed by atoms with van der Waals surface area (Å²) in [6, 6.07) is 7.55. The Hall–Kier alpha value is -1.06. The molecule has 1 heterocycles. The van der Waals surface area contributed by atoms with Gasteiger partial charge in [-0.25, -0.2) is 0 Å². The van der Waals surface area contributed by atoms with Crippen molar-refractivity contribution in [3.05, 3.63) is 34.9 Å². The van der Waals surface area contributed by atoms with Gasteiger partial charge in [0, 0.05) is 23.2 Å². The fourth-order valence-corrected chi connectivity index (χ4v) is 2.76. The van der Waals surface area contributed by atoms with Crippen LogP contribution in [0.25, 0.3) is 0 Å². The van der Waals surface area contributed by atoms with Crippen LogP contribution in [0.4, 0.5) is 0 Å². The molecule has 1 amide bonds. The van der Waals surface area contributed by atoms with Gasteiger partial charge in [0.1, 0.15) is 0 Å². The van der Waals surface area contributed by atoms with Gasteiger partial charge in [0.05, 0.1) is 0 Å². The molecular formula is C15H21ClN2O. The first kappa shape index (κ1) is 14.4. The number of nitrogens with one attached hydrogen (secondary N) is 1. The lowest BCUT2D eigenvalue weighted by atomic mass is 9.98. The summed E-state index contributed by atoms with van der Waals surface area (Å²) in [5.41, 5.74) is 0.737. The van der Waals surface area contributed by atoms with Crippen LogP contribution in [0.15, 0.2) is 24.3 Å². The van der Waals surface area contributed by atoms with Crippen LogP contribution in [0.3, 0.4) is 0 Å². The van der Waals surface area contributed by atoms with Gasteiger partial charge in [-0.05, 0) is 63.5 Å². The van der Waals surface area contributed by atoms with Crippen molar-refractivity contribution in [2.24, 2.45) is 0 Å². The first-order chi connectivity index (χ1) is 9.22. The van der Waals surface area contributed by atoms with Crippen molar-refractivity contribution in [3.63, 3.8) is 0 Å². The van der Waals surface area contributed by atoms with E-state index in [9.17, 15) is 4.79 Å². The van der Waals surface area contributed by atoms with Crippen LogP contribution in [0.5, 0.6) is 0 Å². The van der Waals surface area contributed by atoms with Gasteiger partial charge in [0.15, 0.2) is 0 Å². The zero-order chi connectivity index (χ0) is 13.7. The van der Waals surface area contributed by atoms with Crippen molar-refractivity contribution in [2.75, 3.05) is 20.1 Å². The molecule has 0 aliphatic carbocycles. The molecule has 0 radical (unpaired) electrons. The SMILES string of the molecule is CNCCC1CCCCN1C(=O)c1ccc(Cl)cc1. The van der Waals surface area contributed by atoms with Crippen molar-refractivity contribution in [1.82, 2.24) is 10.2 Å². The quantitative estimate of drug-likeness (QED) is 0.920. The highest BCUT2D eigenvalue weighted by Gasteiger charge is 2.26. The Morgan fingerprint density at radius 1 is 1.37 bits per heavy atom. The number of benzene rings is 1. The first-order valence-electron chi connectivity index (χ1n) is 6.93. The van der Waals surface area contributed by atoms with Crippen LogP contribution in [0.2, 0.25) is 5.02 Å². The summed E-state index contributed by atoms with van der Waals surface area (Å²) in [5, 5.41) is 3.83. The Morgan fingerprint density at radius 2 is 2.11 bits per heavy atom. The van der Waals surface area contributed by atoms with Gasteiger partial charge < -0.3 is 10.2 Å². The number of carbonyl (C=O) groups is 1. The van der Waals surface area contributed by atoms with Crippen LogP contribution in [-0.4, -0.2) is 37.0 Å². The van der Waals surface area contributed by atoms with Crippen LogP contribution < -0.4 is 5.32 Å². The summed E-state index contributed by atoms with van der Waals surface area (Å²) in [4.78, 5) is 14.6. The van der Waals surface area contributed by atoms with E-state index in [2.05, 4.69) is 5.32 Å². The molecule has 2 rings (SSSR count). The molecule has 1 aliphatic rings. The molecule has 19 heavy (non-hydrogen) atoms. The van der Waals surface area contributed by atoms with Crippen LogP contribution in [-0.2, 0) is 0 Å². The highest BCUT2D eigenvalue weighted by molar-refractivity contribution is 6.30. The molecule has 1 fully saturated rings. The van der Waals surface area contributed by atoms with Crippen molar-refractivity contribution >= 4 is 17.5 Å². The maximum absolute atomic E-state index is 12.5. The highest BCUT2D eigenvalue weighted by atomic mass is 35.5. The summed E-state index contributed by atoms with van der Waals surface area (Å²) in [7, 11) is 1.95. The molecule has 3 nitrogen and oxygen atoms in total. The van der Waals surface area contributed by atoms with Crippen LogP contribution in [0, 0.1) is 0 Å². The molecule has 0 spiro atoms. The summed E-state index contributed by atoms with van der Waals surface area (Å²) in [6.45, 7) is 1.82. The predicted octanol–water partition coefficient (Wildman–Crippen LogP) is 2.94. The summed E-state index contributed by atoms with van der Waals surface area (Å²) >= 11 is 5.87. The van der Waals surface area contributed by atoms with E-state index in [-0.39, 0.29) is 5.91 Å². The van der Waals surface area contributed by atoms with E-state index in [0.717, 1.165) is 37.9 Å². The second-order valence-electron chi connectivity index (χ2n) is 5.05. The first-order valence-corrected chi connectivity index (χ1v) is 7.31. The van der Waals surface area contributed by atoms with Crippen molar-refractivity contribution in [2.45, 2.75) is 31.7 Å². The van der Waals surface area contributed by atoms with Gasteiger partial charge in [-0.1, -0.05) is 11.6 Å². The fourth-order valence-electron chi connectivity index (χ4n) is 2.64. The zero-order valence-electron chi connectivity index (χ0n) is 11.4. The number of hydrogen-bond acceptors (Lipinski definition) is 2. The van der Waals surface area contributed by atoms with Crippen molar-refractivity contribution in [1.29, 1.82) is 0 Å². The zero-order valence-corrected chi connectivity index (χ0v) is 12.1. The minimum atomic E-state index is 0.137. The smallest absolute Gasteiger partial charge is 0.254 e. The average molecular weight is 281 g/mol. The monoisotopic (exact) mass is 280 g/mol. The number of halogens is 1. The van der Waals surface area contributed by atoms with Crippen LogP contribution >= 0.6 is 11.6 Å². The maximum Gasteiger partial charge on any atom is 0.254 e. The average Bonchev–Trinajstić information content (AvgIpc) is 2.45. The van der Waals surface area contributed by atoms with E-state index in [1.807, 2.05) is 24.1 Å². The maximum atomic E-state index is 12.5. The van der Waals surface area contributed by atoms with E-state index in [0.29, 0.717) is 11.1 Å². The number of likely N-dealkylation sites (tertiary alicyclic amines) is 1. The van der Waals surface area contributed by atoms with E-state index >= 15 is 0 Å². The summed E-state index contributed by atoms with van der Waals surface area (Å²) < 4.78 is 0. The van der Waals surface area contributed by atoms with Gasteiger partial charge in [-0.3, -0.25) is 4.79 Å². The number of hydrogen-bond donors (Lipinski definition) is 1. The molecule has 1 atom stereocenters. The third-order valence-corrected chi connectivity index (χ3v) is 3.96. The summed E-state index contributed by atoms with van der Waals surface area (Å²) in [5.74, 6) is 0.137. The molecule has 1 aromatic carbocycles. The third-order valence-electron chi connectivity index (χ3n) is 3.71. The second-order valence-corrected chi connectivity index (χ2v) is 5.48. The lowest BCUT2D eigenvalue weighted by Crippen LogP contribution is -2.44. The Labute approximate surface area is 119 Å². The third kappa shape index (κ3) is 3.71. The highest BCUT2D eigenvalue weighted by Crippen LogP contribution is 2.22. The van der Waals surface area contributed by atoms with Crippen molar-refractivity contribution < 1.29 is 4.79 Å². The molecule has 104 valence electrons. The van der Waals surface area contributed by atoms with Gasteiger partial charge in [0.2, 0.25) is 0 Å². The molecule has 0 saturated carbocycles. The molecule has 1 saturated heterocycles. The lowest BCUT2D eigenvalue weighted by Gasteiger charge is -2.36. The van der Waals surface area contributed by atoms with Gasteiger partial charge in [-0.2, -0.15) is 0 Å². The standard InChI is InChI=1S/C15H21ClN2O/c1-17-10-9-14-4-2-3-11-18(14)15(19)12-5-7-13(16)8-6-12/h5-8,14,17H,2-4,9-11H2,1H3. The molecule has 1 unspecified atom stereocenters. The van der Waals surface area contributed by atoms with E-state index in [1.54, 1.807) is 12.1 Å². The van der Waals surface area contributed by atoms with Gasteiger partial charge in [-0.15, -0.1) is 0 Å². The van der Waals surface area contributed by atoms with Gasteiger partial charge >= 0.3 is 0 Å². The Kier molecular flexibility index (Phi) is 5.23. The van der Waals surface area contributed by atoms with E-state index in [4.69, 9.17) is 11.6 Å². The molecule has 0 aromatic heterocycles. The fraction of sp³-hybridized carbons (Fsp3) is 0.533. The molecule has 0 bridgehead atoms. The normalized spacial score (nSPS) is 19.5. The second kappa shape index (κ2) is 6.92. The van der Waals surface area contributed by atoms with E-state index < -0.39 is 0 Å². The number of amides is 1. The molecule has 1 aliphatic heterocycles.